The Morgan fingerprint density at radius 1 is 1.16 bits per heavy atom. The highest BCUT2D eigenvalue weighted by Gasteiger charge is 2.31. The minimum Gasteiger partial charge on any atom is -0.453 e. The largest absolute Gasteiger partial charge is 0.453 e. The summed E-state index contributed by atoms with van der Waals surface area (Å²) in [6.07, 6.45) is 2.66. The predicted octanol–water partition coefficient (Wildman–Crippen LogP) is 1.27. The fourth-order valence-electron chi connectivity index (χ4n) is 2.84. The molecule has 0 bridgehead atoms. The molecule has 0 aromatic heterocycles. The number of nitrogens with zero attached hydrogens (tertiary/aromatic N) is 2. The van der Waals surface area contributed by atoms with E-state index in [1.165, 1.54) is 13.5 Å². The first-order valence-electron chi connectivity index (χ1n) is 6.98. The fraction of sp³-hybridized carbons (Fsp3) is 0.846. The van der Waals surface area contributed by atoms with Gasteiger partial charge in [-0.3, -0.25) is 0 Å². The first kappa shape index (κ1) is 14.0. The lowest BCUT2D eigenvalue weighted by atomic mass is 10.0. The maximum atomic E-state index is 12.4. The molecule has 0 aliphatic carbocycles. The van der Waals surface area contributed by atoms with Gasteiger partial charge in [-0.1, -0.05) is 6.92 Å². The molecular weight excluding hydrogens is 246 g/mol. The number of amides is 3. The third-order valence-corrected chi connectivity index (χ3v) is 3.89. The van der Waals surface area contributed by atoms with Crippen LogP contribution in [0.3, 0.4) is 0 Å². The smallest absolute Gasteiger partial charge is 0.407 e. The molecular formula is C13H23N3O3. The van der Waals surface area contributed by atoms with Gasteiger partial charge < -0.3 is 19.9 Å². The molecule has 3 amide bonds. The third-order valence-electron chi connectivity index (χ3n) is 3.89. The van der Waals surface area contributed by atoms with E-state index < -0.39 is 6.09 Å². The number of carbonyl (C=O) groups is 2. The summed E-state index contributed by atoms with van der Waals surface area (Å²) in [4.78, 5) is 27.3. The number of urea groups is 1. The van der Waals surface area contributed by atoms with Crippen LogP contribution in [0.1, 0.15) is 26.2 Å². The SMILES string of the molecule is COC(=O)NC1CCN(C(=O)N2CCCC(C)C2)C1. The molecule has 2 fully saturated rings. The number of hydrogen-bond acceptors (Lipinski definition) is 3. The van der Waals surface area contributed by atoms with Crippen molar-refractivity contribution in [3.05, 3.63) is 0 Å². The van der Waals surface area contributed by atoms with Crippen LogP contribution in [0.2, 0.25) is 0 Å². The van der Waals surface area contributed by atoms with Gasteiger partial charge in [-0.05, 0) is 25.2 Å². The summed E-state index contributed by atoms with van der Waals surface area (Å²) in [5.41, 5.74) is 0. The van der Waals surface area contributed by atoms with Crippen LogP contribution in [0.5, 0.6) is 0 Å². The van der Waals surface area contributed by atoms with Gasteiger partial charge in [0.05, 0.1) is 13.2 Å². The summed E-state index contributed by atoms with van der Waals surface area (Å²) in [5.74, 6) is 0.587. The van der Waals surface area contributed by atoms with E-state index in [4.69, 9.17) is 0 Å². The van der Waals surface area contributed by atoms with Crippen LogP contribution >= 0.6 is 0 Å². The fourth-order valence-corrected chi connectivity index (χ4v) is 2.84. The van der Waals surface area contributed by atoms with Crippen LogP contribution in [0, 0.1) is 5.92 Å². The molecule has 2 aliphatic heterocycles. The molecule has 2 atom stereocenters. The number of carbonyl (C=O) groups excluding carboxylic acids is 2. The van der Waals surface area contributed by atoms with Crippen molar-refractivity contribution in [3.8, 4) is 0 Å². The van der Waals surface area contributed by atoms with Crippen molar-refractivity contribution in [3.63, 3.8) is 0 Å². The van der Waals surface area contributed by atoms with Gasteiger partial charge in [-0.25, -0.2) is 9.59 Å². The summed E-state index contributed by atoms with van der Waals surface area (Å²) in [6, 6.07) is 0.124. The first-order valence-corrected chi connectivity index (χ1v) is 6.98. The number of piperidine rings is 1. The van der Waals surface area contributed by atoms with Crippen molar-refractivity contribution in [2.24, 2.45) is 5.92 Å². The lowest BCUT2D eigenvalue weighted by Crippen LogP contribution is -2.47. The molecule has 2 unspecified atom stereocenters. The van der Waals surface area contributed by atoms with Gasteiger partial charge in [-0.15, -0.1) is 0 Å². The van der Waals surface area contributed by atoms with E-state index in [2.05, 4.69) is 17.0 Å². The highest BCUT2D eigenvalue weighted by Crippen LogP contribution is 2.19. The average Bonchev–Trinajstić information content (AvgIpc) is 2.86. The van der Waals surface area contributed by atoms with Gasteiger partial charge in [0.2, 0.25) is 0 Å². The molecule has 2 heterocycles. The Labute approximate surface area is 114 Å². The minimum atomic E-state index is -0.425. The molecule has 108 valence electrons. The van der Waals surface area contributed by atoms with Crippen LogP contribution in [0.15, 0.2) is 0 Å². The molecule has 1 N–H and O–H groups in total. The van der Waals surface area contributed by atoms with E-state index in [1.54, 1.807) is 0 Å². The van der Waals surface area contributed by atoms with E-state index in [-0.39, 0.29) is 12.1 Å². The quantitative estimate of drug-likeness (QED) is 0.779. The normalized spacial score (nSPS) is 27.3. The van der Waals surface area contributed by atoms with Crippen LogP contribution in [-0.2, 0) is 4.74 Å². The molecule has 0 aromatic rings. The van der Waals surface area contributed by atoms with Crippen LogP contribution in [0.4, 0.5) is 9.59 Å². The molecule has 2 aliphatic rings. The summed E-state index contributed by atoms with van der Waals surface area (Å²) in [6.45, 7) is 5.18. The Kier molecular flexibility index (Phi) is 4.50. The topological polar surface area (TPSA) is 61.9 Å². The monoisotopic (exact) mass is 269 g/mol. The van der Waals surface area contributed by atoms with E-state index in [0.717, 1.165) is 25.9 Å². The van der Waals surface area contributed by atoms with Gasteiger partial charge >= 0.3 is 12.1 Å². The number of rotatable bonds is 1. The van der Waals surface area contributed by atoms with Crippen LogP contribution < -0.4 is 5.32 Å². The van der Waals surface area contributed by atoms with Gasteiger partial charge in [0.1, 0.15) is 0 Å². The average molecular weight is 269 g/mol. The van der Waals surface area contributed by atoms with E-state index in [9.17, 15) is 9.59 Å². The van der Waals surface area contributed by atoms with Crippen LogP contribution in [-0.4, -0.2) is 61.3 Å². The van der Waals surface area contributed by atoms with E-state index in [1.807, 2.05) is 9.80 Å². The maximum Gasteiger partial charge on any atom is 0.407 e. The Bertz CT molecular complexity index is 348. The van der Waals surface area contributed by atoms with Crippen molar-refractivity contribution in [2.75, 3.05) is 33.3 Å². The molecule has 2 saturated heterocycles. The highest BCUT2D eigenvalue weighted by molar-refractivity contribution is 5.75. The van der Waals surface area contributed by atoms with Gasteiger partial charge in [0, 0.05) is 26.2 Å². The molecule has 2 rings (SSSR count). The standard InChI is InChI=1S/C13H23N3O3/c1-10-4-3-6-15(8-10)13(18)16-7-5-11(9-16)14-12(17)19-2/h10-11H,3-9H2,1-2H3,(H,14,17). The Balaban J connectivity index is 1.82. The number of hydrogen-bond donors (Lipinski definition) is 1. The Hall–Kier alpha value is -1.46. The van der Waals surface area contributed by atoms with Crippen LogP contribution in [0.25, 0.3) is 0 Å². The maximum absolute atomic E-state index is 12.4. The third kappa shape index (κ3) is 3.52. The number of methoxy groups -OCH3 is 1. The predicted molar refractivity (Wildman–Crippen MR) is 70.9 cm³/mol. The zero-order chi connectivity index (χ0) is 13.8. The molecule has 0 aromatic carbocycles. The summed E-state index contributed by atoms with van der Waals surface area (Å²) in [5, 5.41) is 2.75. The molecule has 0 saturated carbocycles. The second kappa shape index (κ2) is 6.12. The molecule has 0 spiro atoms. The lowest BCUT2D eigenvalue weighted by Gasteiger charge is -2.34. The number of likely N-dealkylation sites (tertiary alicyclic amines) is 2. The summed E-state index contributed by atoms with van der Waals surface area (Å²) >= 11 is 0. The van der Waals surface area contributed by atoms with Crippen molar-refractivity contribution in [1.29, 1.82) is 0 Å². The molecule has 19 heavy (non-hydrogen) atoms. The molecule has 0 radical (unpaired) electrons. The van der Waals surface area contributed by atoms with Gasteiger partial charge in [0.25, 0.3) is 0 Å². The zero-order valence-corrected chi connectivity index (χ0v) is 11.7. The molecule has 6 nitrogen and oxygen atoms in total. The second-order valence-corrected chi connectivity index (χ2v) is 5.54. The first-order chi connectivity index (χ1) is 9.10. The second-order valence-electron chi connectivity index (χ2n) is 5.54. The minimum absolute atomic E-state index is 0.0126. The summed E-state index contributed by atoms with van der Waals surface area (Å²) in [7, 11) is 1.35. The van der Waals surface area contributed by atoms with Gasteiger partial charge in [-0.2, -0.15) is 0 Å². The van der Waals surface area contributed by atoms with Gasteiger partial charge in [0.15, 0.2) is 0 Å². The lowest BCUT2D eigenvalue weighted by molar-refractivity contribution is 0.137. The number of nitrogens with one attached hydrogen (secondary N) is 1. The Morgan fingerprint density at radius 2 is 1.89 bits per heavy atom. The highest BCUT2D eigenvalue weighted by atomic mass is 16.5. The summed E-state index contributed by atoms with van der Waals surface area (Å²) < 4.78 is 4.57. The number of ether oxygens (including phenoxy) is 1. The van der Waals surface area contributed by atoms with Crippen molar-refractivity contribution in [2.45, 2.75) is 32.2 Å². The van der Waals surface area contributed by atoms with Crippen molar-refractivity contribution < 1.29 is 14.3 Å². The zero-order valence-electron chi connectivity index (χ0n) is 11.7. The molecule has 6 heteroatoms. The van der Waals surface area contributed by atoms with Crippen molar-refractivity contribution >= 4 is 12.1 Å². The van der Waals surface area contributed by atoms with Crippen molar-refractivity contribution in [1.82, 2.24) is 15.1 Å². The van der Waals surface area contributed by atoms with E-state index >= 15 is 0 Å². The van der Waals surface area contributed by atoms with E-state index in [0.29, 0.717) is 19.0 Å². The Morgan fingerprint density at radius 3 is 2.58 bits per heavy atom. The number of alkyl carbamates (subject to hydrolysis) is 1.